The van der Waals surface area contributed by atoms with E-state index in [0.717, 1.165) is 21.5 Å². The topological polar surface area (TPSA) is 68.0 Å². The summed E-state index contributed by atoms with van der Waals surface area (Å²) in [7, 11) is 0. The van der Waals surface area contributed by atoms with E-state index in [2.05, 4.69) is 26.2 Å². The number of para-hydroxylation sites is 1. The normalized spacial score (nSPS) is 10.2. The lowest BCUT2D eigenvalue weighted by atomic mass is 10.1. The maximum atomic E-state index is 11.0. The molecule has 0 bridgehead atoms. The highest BCUT2D eigenvalue weighted by Crippen LogP contribution is 2.16. The molecule has 2 rings (SSSR count). The van der Waals surface area contributed by atoms with Gasteiger partial charge < -0.3 is 11.1 Å². The fourth-order valence-corrected chi connectivity index (χ4v) is 2.15. The van der Waals surface area contributed by atoms with E-state index in [1.807, 2.05) is 42.5 Å². The molecule has 98 valence electrons. The van der Waals surface area contributed by atoms with Crippen LogP contribution in [0, 0.1) is 0 Å². The maximum absolute atomic E-state index is 11.0. The van der Waals surface area contributed by atoms with Crippen LogP contribution in [0.4, 0.5) is 5.69 Å². The number of amides is 1. The number of benzene rings is 1. The molecule has 19 heavy (non-hydrogen) atoms. The van der Waals surface area contributed by atoms with Gasteiger partial charge >= 0.3 is 0 Å². The molecule has 3 N–H and O–H groups in total. The Morgan fingerprint density at radius 2 is 2.00 bits per heavy atom. The number of rotatable bonds is 5. The van der Waals surface area contributed by atoms with Crippen LogP contribution in [0.15, 0.2) is 47.1 Å². The zero-order valence-electron chi connectivity index (χ0n) is 10.3. The Morgan fingerprint density at radius 1 is 1.21 bits per heavy atom. The molecule has 1 aromatic carbocycles. The first-order valence-electron chi connectivity index (χ1n) is 5.86. The highest BCUT2D eigenvalue weighted by Gasteiger charge is 2.05. The number of primary amides is 1. The van der Waals surface area contributed by atoms with Crippen LogP contribution in [0.3, 0.4) is 0 Å². The van der Waals surface area contributed by atoms with Crippen LogP contribution in [0.5, 0.6) is 0 Å². The lowest BCUT2D eigenvalue weighted by Gasteiger charge is -2.10. The number of aromatic nitrogens is 1. The number of nitrogens with one attached hydrogen (secondary N) is 1. The van der Waals surface area contributed by atoms with E-state index in [0.29, 0.717) is 6.54 Å². The molecule has 0 saturated heterocycles. The second-order valence-electron chi connectivity index (χ2n) is 4.11. The molecule has 5 heteroatoms. The summed E-state index contributed by atoms with van der Waals surface area (Å²) in [6, 6.07) is 13.4. The molecule has 4 nitrogen and oxygen atoms in total. The number of nitrogens with zero attached hydrogens (tertiary/aromatic N) is 1. The number of carbonyl (C=O) groups is 1. The Morgan fingerprint density at radius 3 is 2.74 bits per heavy atom. The average Bonchev–Trinajstić information content (AvgIpc) is 2.37. The molecular weight excluding hydrogens is 306 g/mol. The van der Waals surface area contributed by atoms with Gasteiger partial charge in [-0.1, -0.05) is 24.3 Å². The molecule has 0 saturated carbocycles. The second-order valence-corrected chi connectivity index (χ2v) is 4.92. The van der Waals surface area contributed by atoms with Crippen LogP contribution in [0.25, 0.3) is 0 Å². The minimum absolute atomic E-state index is 0.231. The maximum Gasteiger partial charge on any atom is 0.221 e. The zero-order chi connectivity index (χ0) is 13.7. The number of halogens is 1. The number of hydrogen-bond acceptors (Lipinski definition) is 3. The summed E-state index contributed by atoms with van der Waals surface area (Å²) in [4.78, 5) is 15.4. The summed E-state index contributed by atoms with van der Waals surface area (Å²) in [6.45, 7) is 0.592. The molecule has 0 atom stereocenters. The van der Waals surface area contributed by atoms with Gasteiger partial charge in [-0.15, -0.1) is 0 Å². The standard InChI is InChI=1S/C14H14BrN3O/c15-13-7-3-5-11(18-13)9-17-12-6-2-1-4-10(12)8-14(16)19/h1-7,17H,8-9H2,(H2,16,19). The number of pyridine rings is 1. The molecule has 0 radical (unpaired) electrons. The van der Waals surface area contributed by atoms with E-state index in [1.54, 1.807) is 0 Å². The van der Waals surface area contributed by atoms with Crippen molar-refractivity contribution < 1.29 is 4.79 Å². The summed E-state index contributed by atoms with van der Waals surface area (Å²) < 4.78 is 0.803. The molecular formula is C14H14BrN3O. The Hall–Kier alpha value is -1.88. The van der Waals surface area contributed by atoms with Crippen molar-refractivity contribution in [3.63, 3.8) is 0 Å². The quantitative estimate of drug-likeness (QED) is 0.832. The van der Waals surface area contributed by atoms with Crippen LogP contribution < -0.4 is 11.1 Å². The smallest absolute Gasteiger partial charge is 0.221 e. The fraction of sp³-hybridized carbons (Fsp3) is 0.143. The van der Waals surface area contributed by atoms with Crippen molar-refractivity contribution in [1.29, 1.82) is 0 Å². The second kappa shape index (κ2) is 6.33. The monoisotopic (exact) mass is 319 g/mol. The van der Waals surface area contributed by atoms with Gasteiger partial charge in [0.05, 0.1) is 18.7 Å². The number of anilines is 1. The van der Waals surface area contributed by atoms with Crippen molar-refractivity contribution in [1.82, 2.24) is 4.98 Å². The van der Waals surface area contributed by atoms with Crippen LogP contribution in [0.2, 0.25) is 0 Å². The predicted molar refractivity (Wildman–Crippen MR) is 78.6 cm³/mol. The van der Waals surface area contributed by atoms with E-state index in [9.17, 15) is 4.79 Å². The molecule has 0 spiro atoms. The third-order valence-electron chi connectivity index (χ3n) is 2.61. The lowest BCUT2D eigenvalue weighted by Crippen LogP contribution is -2.15. The van der Waals surface area contributed by atoms with Crippen molar-refractivity contribution in [3.8, 4) is 0 Å². The molecule has 2 aromatic rings. The first-order chi connectivity index (χ1) is 9.15. The highest BCUT2D eigenvalue weighted by molar-refractivity contribution is 9.10. The Balaban J connectivity index is 2.09. The van der Waals surface area contributed by atoms with Crippen LogP contribution in [0.1, 0.15) is 11.3 Å². The molecule has 0 aliphatic carbocycles. The average molecular weight is 320 g/mol. The van der Waals surface area contributed by atoms with Gasteiger partial charge in [0, 0.05) is 5.69 Å². The van der Waals surface area contributed by atoms with E-state index in [4.69, 9.17) is 5.73 Å². The van der Waals surface area contributed by atoms with Gasteiger partial charge in [-0.2, -0.15) is 0 Å². The summed E-state index contributed by atoms with van der Waals surface area (Å²) >= 11 is 3.34. The number of nitrogens with two attached hydrogens (primary N) is 1. The SMILES string of the molecule is NC(=O)Cc1ccccc1NCc1cccc(Br)n1. The molecule has 0 unspecified atom stereocenters. The fourth-order valence-electron chi connectivity index (χ4n) is 1.77. The van der Waals surface area contributed by atoms with Gasteiger partial charge in [0.25, 0.3) is 0 Å². The van der Waals surface area contributed by atoms with Gasteiger partial charge in [-0.25, -0.2) is 4.98 Å². The molecule has 1 aromatic heterocycles. The third kappa shape index (κ3) is 4.06. The van der Waals surface area contributed by atoms with Gasteiger partial charge in [0.15, 0.2) is 0 Å². The Labute approximate surface area is 120 Å². The molecule has 1 amide bonds. The predicted octanol–water partition coefficient (Wildman–Crippen LogP) is 2.48. The van der Waals surface area contributed by atoms with Crippen LogP contribution >= 0.6 is 15.9 Å². The first kappa shape index (κ1) is 13.5. The number of hydrogen-bond donors (Lipinski definition) is 2. The Kier molecular flexibility index (Phi) is 4.52. The number of carbonyl (C=O) groups excluding carboxylic acids is 1. The van der Waals surface area contributed by atoms with E-state index >= 15 is 0 Å². The van der Waals surface area contributed by atoms with Gasteiger partial charge in [0.2, 0.25) is 5.91 Å². The molecule has 1 heterocycles. The largest absolute Gasteiger partial charge is 0.379 e. The third-order valence-corrected chi connectivity index (χ3v) is 3.06. The van der Waals surface area contributed by atoms with Crippen molar-refractivity contribution in [2.24, 2.45) is 5.73 Å². The summed E-state index contributed by atoms with van der Waals surface area (Å²) in [6.07, 6.45) is 0.231. The first-order valence-corrected chi connectivity index (χ1v) is 6.66. The lowest BCUT2D eigenvalue weighted by molar-refractivity contribution is -0.117. The van der Waals surface area contributed by atoms with Crippen LogP contribution in [-0.4, -0.2) is 10.9 Å². The van der Waals surface area contributed by atoms with Crippen molar-refractivity contribution in [2.75, 3.05) is 5.32 Å². The zero-order valence-corrected chi connectivity index (χ0v) is 11.9. The van der Waals surface area contributed by atoms with E-state index in [1.165, 1.54) is 0 Å². The highest BCUT2D eigenvalue weighted by atomic mass is 79.9. The molecule has 0 aliphatic heterocycles. The molecule has 0 aliphatic rings. The van der Waals surface area contributed by atoms with E-state index in [-0.39, 0.29) is 12.3 Å². The summed E-state index contributed by atoms with van der Waals surface area (Å²) in [5.74, 6) is -0.338. The summed E-state index contributed by atoms with van der Waals surface area (Å²) in [5.41, 5.74) is 7.95. The van der Waals surface area contributed by atoms with Crippen molar-refractivity contribution >= 4 is 27.5 Å². The minimum Gasteiger partial charge on any atom is -0.379 e. The molecule has 0 fully saturated rings. The van der Waals surface area contributed by atoms with E-state index < -0.39 is 0 Å². The Bertz CT molecular complexity index is 586. The van der Waals surface area contributed by atoms with Crippen molar-refractivity contribution in [2.45, 2.75) is 13.0 Å². The van der Waals surface area contributed by atoms with Crippen LogP contribution in [-0.2, 0) is 17.8 Å². The van der Waals surface area contributed by atoms with Gasteiger partial charge in [0.1, 0.15) is 4.60 Å². The van der Waals surface area contributed by atoms with Gasteiger partial charge in [-0.05, 0) is 39.7 Å². The summed E-state index contributed by atoms with van der Waals surface area (Å²) in [5, 5.41) is 3.27. The van der Waals surface area contributed by atoms with Gasteiger partial charge in [-0.3, -0.25) is 4.79 Å². The minimum atomic E-state index is -0.338. The van der Waals surface area contributed by atoms with Crippen molar-refractivity contribution in [3.05, 3.63) is 58.3 Å².